The molecule has 2 aromatic rings. The first-order chi connectivity index (χ1) is 11.4. The van der Waals surface area contributed by atoms with Gasteiger partial charge in [0.25, 0.3) is 0 Å². The highest BCUT2D eigenvalue weighted by atomic mass is 35.5. The number of nitrogens with one attached hydrogen (secondary N) is 1. The smallest absolute Gasteiger partial charge is 0.248 e. The number of hydrogen-bond acceptors (Lipinski definition) is 5. The Morgan fingerprint density at radius 1 is 1.29 bits per heavy atom. The number of nitrogens with zero attached hydrogens (tertiary/aromatic N) is 4. The van der Waals surface area contributed by atoms with Gasteiger partial charge >= 0.3 is 0 Å². The van der Waals surface area contributed by atoms with Gasteiger partial charge in [0, 0.05) is 33.3 Å². The Kier molecular flexibility index (Phi) is 3.44. The van der Waals surface area contributed by atoms with Crippen LogP contribution in [0.1, 0.15) is 38.3 Å². The summed E-state index contributed by atoms with van der Waals surface area (Å²) >= 11 is 12.4. The van der Waals surface area contributed by atoms with Crippen molar-refractivity contribution in [2.75, 3.05) is 5.32 Å². The largest absolute Gasteiger partial charge is 0.326 e. The van der Waals surface area contributed by atoms with Gasteiger partial charge in [0.15, 0.2) is 5.78 Å². The second-order valence-corrected chi connectivity index (χ2v) is 7.82. The molecule has 124 valence electrons. The third-order valence-corrected chi connectivity index (χ3v) is 5.01. The fourth-order valence-corrected chi connectivity index (χ4v) is 3.99. The third kappa shape index (κ3) is 2.41. The summed E-state index contributed by atoms with van der Waals surface area (Å²) in [5.41, 5.74) is 2.21. The maximum Gasteiger partial charge on any atom is 0.248 e. The van der Waals surface area contributed by atoms with E-state index < -0.39 is 6.04 Å². The molecule has 6 nitrogen and oxygen atoms in total. The number of carbonyl (C=O) groups is 1. The summed E-state index contributed by atoms with van der Waals surface area (Å²) in [7, 11) is 0. The highest BCUT2D eigenvalue weighted by Gasteiger charge is 2.42. The first-order valence-corrected chi connectivity index (χ1v) is 8.37. The lowest BCUT2D eigenvalue weighted by atomic mass is 9.73. The number of aromatic nitrogens is 4. The van der Waals surface area contributed by atoms with Crippen LogP contribution < -0.4 is 5.32 Å². The lowest BCUT2D eigenvalue weighted by Gasteiger charge is -2.38. The molecule has 0 unspecified atom stereocenters. The molecule has 1 N–H and O–H groups in total. The highest BCUT2D eigenvalue weighted by molar-refractivity contribution is 6.35. The predicted molar refractivity (Wildman–Crippen MR) is 91.1 cm³/mol. The molecule has 0 radical (unpaired) electrons. The number of carbonyl (C=O) groups excluding carboxylic acids is 1. The van der Waals surface area contributed by atoms with Crippen LogP contribution in [-0.4, -0.2) is 26.0 Å². The van der Waals surface area contributed by atoms with E-state index in [1.165, 1.54) is 0 Å². The van der Waals surface area contributed by atoms with E-state index in [-0.39, 0.29) is 11.2 Å². The number of halogens is 2. The van der Waals surface area contributed by atoms with Crippen molar-refractivity contribution in [3.8, 4) is 0 Å². The maximum absolute atomic E-state index is 12.9. The second-order valence-electron chi connectivity index (χ2n) is 6.97. The van der Waals surface area contributed by atoms with Gasteiger partial charge in [-0.3, -0.25) is 4.79 Å². The van der Waals surface area contributed by atoms with Crippen molar-refractivity contribution < 1.29 is 4.79 Å². The summed E-state index contributed by atoms with van der Waals surface area (Å²) in [6.07, 6.45) is 1.23. The van der Waals surface area contributed by atoms with E-state index in [0.29, 0.717) is 28.0 Å². The Morgan fingerprint density at radius 2 is 2.08 bits per heavy atom. The van der Waals surface area contributed by atoms with Gasteiger partial charge in [-0.25, -0.2) is 0 Å². The molecule has 1 aliphatic carbocycles. The quantitative estimate of drug-likeness (QED) is 0.837. The molecule has 2 heterocycles. The molecular weight excluding hydrogens is 349 g/mol. The van der Waals surface area contributed by atoms with Crippen LogP contribution in [0.4, 0.5) is 5.95 Å². The summed E-state index contributed by atoms with van der Waals surface area (Å²) < 4.78 is 1.60. The summed E-state index contributed by atoms with van der Waals surface area (Å²) in [5, 5.41) is 16.1. The fraction of sp³-hybridized carbons (Fsp3) is 0.375. The number of hydrogen-bond donors (Lipinski definition) is 1. The molecule has 2 aliphatic rings. The van der Waals surface area contributed by atoms with Crippen LogP contribution in [0.15, 0.2) is 29.5 Å². The van der Waals surface area contributed by atoms with Gasteiger partial charge < -0.3 is 5.32 Å². The van der Waals surface area contributed by atoms with Crippen molar-refractivity contribution in [1.82, 2.24) is 20.2 Å². The van der Waals surface area contributed by atoms with Crippen molar-refractivity contribution in [3.63, 3.8) is 0 Å². The zero-order valence-corrected chi connectivity index (χ0v) is 14.7. The Bertz CT molecular complexity index is 886. The van der Waals surface area contributed by atoms with Crippen LogP contribution in [0, 0.1) is 5.41 Å². The topological polar surface area (TPSA) is 72.7 Å². The van der Waals surface area contributed by atoms with Crippen LogP contribution in [0.25, 0.3) is 0 Å². The van der Waals surface area contributed by atoms with E-state index in [0.717, 1.165) is 17.7 Å². The van der Waals surface area contributed by atoms with Crippen LogP contribution in [0.5, 0.6) is 0 Å². The number of Topliss-reactive ketones (excluding diaryl/α,β-unsaturated/α-hetero) is 1. The number of ketones is 1. The molecular formula is C16H15Cl2N5O. The lowest BCUT2D eigenvalue weighted by Crippen LogP contribution is -2.36. The van der Waals surface area contributed by atoms with Crippen LogP contribution in [0.2, 0.25) is 10.0 Å². The summed E-state index contributed by atoms with van der Waals surface area (Å²) in [6.45, 7) is 4.16. The van der Waals surface area contributed by atoms with Crippen molar-refractivity contribution in [2.45, 2.75) is 32.7 Å². The lowest BCUT2D eigenvalue weighted by molar-refractivity contribution is -0.118. The average molecular weight is 364 g/mol. The van der Waals surface area contributed by atoms with Crippen LogP contribution in [-0.2, 0) is 4.79 Å². The molecule has 0 amide bonds. The minimum absolute atomic E-state index is 0.0888. The SMILES string of the molecule is CC1(C)CC(=O)C2=C(C1)Nc1nnnn1[C@@H]2c1ccc(Cl)cc1Cl. The second kappa shape index (κ2) is 5.29. The van der Waals surface area contributed by atoms with Gasteiger partial charge in [-0.15, -0.1) is 0 Å². The Hall–Kier alpha value is -1.92. The summed E-state index contributed by atoms with van der Waals surface area (Å²) in [6, 6.07) is 4.80. The number of allylic oxidation sites excluding steroid dienone is 2. The van der Waals surface area contributed by atoms with Crippen LogP contribution >= 0.6 is 23.2 Å². The van der Waals surface area contributed by atoms with Gasteiger partial charge in [-0.1, -0.05) is 48.2 Å². The molecule has 24 heavy (non-hydrogen) atoms. The molecule has 0 fully saturated rings. The van der Waals surface area contributed by atoms with E-state index in [9.17, 15) is 4.79 Å². The predicted octanol–water partition coefficient (Wildman–Crippen LogP) is 3.64. The van der Waals surface area contributed by atoms with Crippen molar-refractivity contribution in [3.05, 3.63) is 45.1 Å². The van der Waals surface area contributed by atoms with E-state index in [4.69, 9.17) is 23.2 Å². The van der Waals surface area contributed by atoms with E-state index >= 15 is 0 Å². The molecule has 0 saturated heterocycles. The first kappa shape index (κ1) is 15.6. The van der Waals surface area contributed by atoms with Gasteiger partial charge in [0.2, 0.25) is 5.95 Å². The zero-order chi connectivity index (χ0) is 17.1. The first-order valence-electron chi connectivity index (χ1n) is 7.62. The van der Waals surface area contributed by atoms with Crippen molar-refractivity contribution in [1.29, 1.82) is 0 Å². The number of rotatable bonds is 1. The maximum atomic E-state index is 12.9. The molecule has 1 aliphatic heterocycles. The number of tetrazole rings is 1. The van der Waals surface area contributed by atoms with Gasteiger partial charge in [0.1, 0.15) is 6.04 Å². The zero-order valence-electron chi connectivity index (χ0n) is 13.2. The Labute approximate surface area is 148 Å². The molecule has 0 saturated carbocycles. The van der Waals surface area contributed by atoms with E-state index in [2.05, 4.69) is 34.7 Å². The van der Waals surface area contributed by atoms with E-state index in [1.807, 2.05) is 6.07 Å². The summed E-state index contributed by atoms with van der Waals surface area (Å²) in [4.78, 5) is 12.9. The number of benzene rings is 1. The normalized spacial score (nSPS) is 22.0. The van der Waals surface area contributed by atoms with Gasteiger partial charge in [0.05, 0.1) is 0 Å². The third-order valence-electron chi connectivity index (χ3n) is 4.45. The summed E-state index contributed by atoms with van der Waals surface area (Å²) in [5.74, 6) is 0.598. The molecule has 1 aromatic heterocycles. The van der Waals surface area contributed by atoms with Gasteiger partial charge in [-0.05, 0) is 34.4 Å². The Morgan fingerprint density at radius 3 is 2.83 bits per heavy atom. The molecule has 1 aromatic carbocycles. The highest BCUT2D eigenvalue weighted by Crippen LogP contribution is 2.46. The minimum atomic E-state index is -0.445. The molecule has 8 heteroatoms. The van der Waals surface area contributed by atoms with Gasteiger partial charge in [-0.2, -0.15) is 4.68 Å². The van der Waals surface area contributed by atoms with Crippen molar-refractivity contribution >= 4 is 34.9 Å². The molecule has 0 spiro atoms. The molecule has 1 atom stereocenters. The molecule has 4 rings (SSSR count). The number of fused-ring (bicyclic) bond motifs is 1. The monoisotopic (exact) mass is 363 g/mol. The average Bonchev–Trinajstić information content (AvgIpc) is 2.92. The van der Waals surface area contributed by atoms with Crippen molar-refractivity contribution in [2.24, 2.45) is 5.41 Å². The fourth-order valence-electron chi connectivity index (χ4n) is 3.48. The van der Waals surface area contributed by atoms with E-state index in [1.54, 1.807) is 16.8 Å². The van der Waals surface area contributed by atoms with Crippen LogP contribution in [0.3, 0.4) is 0 Å². The number of anilines is 1. The molecule has 0 bridgehead atoms. The standard InChI is InChI=1S/C16H15Cl2N5O/c1-16(2)6-11-13(12(24)7-16)14(23-15(19-11)20-21-22-23)9-4-3-8(17)5-10(9)18/h3-5,14H,6-7H2,1-2H3,(H,19,20,22)/t14-/m1/s1. The minimum Gasteiger partial charge on any atom is -0.326 e. The Balaban J connectivity index is 1.93.